The van der Waals surface area contributed by atoms with E-state index in [1.807, 2.05) is 0 Å². The molecule has 0 radical (unpaired) electrons. The average Bonchev–Trinajstić information content (AvgIpc) is 2.14. The first-order valence-electron chi connectivity index (χ1n) is 4.50. The van der Waals surface area contributed by atoms with Gasteiger partial charge in [-0.3, -0.25) is 0 Å². The summed E-state index contributed by atoms with van der Waals surface area (Å²) in [6, 6.07) is 2.82. The largest absolute Gasteiger partial charge is 0.416 e. The molecular formula is C10H11ClF3NO. The SMILES string of the molecule is Cc1cc(Cl)ccc1[C@@H](N)[C@@H](O)C(F)(F)F. The Bertz CT molecular complexity index is 381. The second kappa shape index (κ2) is 4.61. The molecule has 16 heavy (non-hydrogen) atoms. The Labute approximate surface area is 95.8 Å². The maximum absolute atomic E-state index is 12.2. The van der Waals surface area contributed by atoms with Crippen molar-refractivity contribution in [2.24, 2.45) is 5.73 Å². The van der Waals surface area contributed by atoms with E-state index in [0.29, 0.717) is 10.6 Å². The highest BCUT2D eigenvalue weighted by Crippen LogP contribution is 2.30. The Kier molecular flexibility index (Phi) is 3.83. The molecule has 0 saturated heterocycles. The van der Waals surface area contributed by atoms with Crippen LogP contribution < -0.4 is 5.73 Å². The van der Waals surface area contributed by atoms with Crippen LogP contribution in [0.15, 0.2) is 18.2 Å². The normalized spacial score (nSPS) is 15.9. The summed E-state index contributed by atoms with van der Waals surface area (Å²) in [6.07, 6.45) is -7.31. The Hall–Kier alpha value is -0.780. The second-order valence-electron chi connectivity index (χ2n) is 3.51. The number of alkyl halides is 3. The third kappa shape index (κ3) is 2.87. The van der Waals surface area contributed by atoms with Gasteiger partial charge in [-0.1, -0.05) is 17.7 Å². The highest BCUT2D eigenvalue weighted by atomic mass is 35.5. The minimum Gasteiger partial charge on any atom is -0.382 e. The number of benzene rings is 1. The third-order valence-electron chi connectivity index (χ3n) is 2.27. The van der Waals surface area contributed by atoms with E-state index < -0.39 is 18.3 Å². The molecule has 0 spiro atoms. The minimum absolute atomic E-state index is 0.231. The molecular weight excluding hydrogens is 243 g/mol. The highest BCUT2D eigenvalue weighted by Gasteiger charge is 2.42. The van der Waals surface area contributed by atoms with Crippen molar-refractivity contribution in [1.82, 2.24) is 0 Å². The molecule has 0 saturated carbocycles. The van der Waals surface area contributed by atoms with Crippen molar-refractivity contribution in [3.05, 3.63) is 34.3 Å². The standard InChI is InChI=1S/C10H11ClF3NO/c1-5-4-6(11)2-3-7(5)8(15)9(16)10(12,13)14/h2-4,8-9,16H,15H2,1H3/t8-,9-/m1/s1. The zero-order chi connectivity index (χ0) is 12.5. The minimum atomic E-state index is -4.73. The van der Waals surface area contributed by atoms with Gasteiger partial charge in [-0.25, -0.2) is 0 Å². The lowest BCUT2D eigenvalue weighted by Gasteiger charge is -2.23. The number of aliphatic hydroxyl groups is 1. The van der Waals surface area contributed by atoms with E-state index in [4.69, 9.17) is 22.4 Å². The maximum atomic E-state index is 12.2. The van der Waals surface area contributed by atoms with E-state index in [1.165, 1.54) is 18.2 Å². The van der Waals surface area contributed by atoms with Crippen LogP contribution in [0.4, 0.5) is 13.2 Å². The fourth-order valence-corrected chi connectivity index (χ4v) is 1.61. The van der Waals surface area contributed by atoms with Gasteiger partial charge >= 0.3 is 6.18 Å². The van der Waals surface area contributed by atoms with Crippen LogP contribution in [0.5, 0.6) is 0 Å². The molecule has 0 heterocycles. The van der Waals surface area contributed by atoms with E-state index in [0.717, 1.165) is 0 Å². The first-order valence-corrected chi connectivity index (χ1v) is 4.87. The number of hydrogen-bond acceptors (Lipinski definition) is 2. The van der Waals surface area contributed by atoms with E-state index in [9.17, 15) is 13.2 Å². The van der Waals surface area contributed by atoms with Crippen molar-refractivity contribution in [3.8, 4) is 0 Å². The molecule has 0 aliphatic rings. The molecule has 6 heteroatoms. The predicted molar refractivity (Wildman–Crippen MR) is 55.2 cm³/mol. The van der Waals surface area contributed by atoms with Gasteiger partial charge in [0.1, 0.15) is 0 Å². The van der Waals surface area contributed by atoms with Gasteiger partial charge in [0, 0.05) is 5.02 Å². The summed E-state index contributed by atoms with van der Waals surface area (Å²) < 4.78 is 36.7. The van der Waals surface area contributed by atoms with Gasteiger partial charge < -0.3 is 10.8 Å². The Morgan fingerprint density at radius 3 is 2.38 bits per heavy atom. The van der Waals surface area contributed by atoms with Crippen molar-refractivity contribution in [3.63, 3.8) is 0 Å². The summed E-state index contributed by atoms with van der Waals surface area (Å²) in [5.74, 6) is 0. The summed E-state index contributed by atoms with van der Waals surface area (Å²) >= 11 is 5.67. The van der Waals surface area contributed by atoms with Gasteiger partial charge in [-0.2, -0.15) is 13.2 Å². The van der Waals surface area contributed by atoms with Gasteiger partial charge in [0.25, 0.3) is 0 Å². The molecule has 0 bridgehead atoms. The van der Waals surface area contributed by atoms with Crippen LogP contribution >= 0.6 is 11.6 Å². The topological polar surface area (TPSA) is 46.2 Å². The molecule has 90 valence electrons. The van der Waals surface area contributed by atoms with Crippen LogP contribution in [0.3, 0.4) is 0 Å². The number of halogens is 4. The zero-order valence-corrected chi connectivity index (χ0v) is 9.18. The summed E-state index contributed by atoms with van der Waals surface area (Å²) in [7, 11) is 0. The number of nitrogens with two attached hydrogens (primary N) is 1. The molecule has 0 unspecified atom stereocenters. The first-order chi connectivity index (χ1) is 7.23. The second-order valence-corrected chi connectivity index (χ2v) is 3.95. The van der Waals surface area contributed by atoms with Crippen molar-refractivity contribution < 1.29 is 18.3 Å². The number of aliphatic hydroxyl groups excluding tert-OH is 1. The lowest BCUT2D eigenvalue weighted by atomic mass is 9.97. The van der Waals surface area contributed by atoms with Crippen LogP contribution in [0, 0.1) is 6.92 Å². The van der Waals surface area contributed by atoms with Crippen LogP contribution in [0.25, 0.3) is 0 Å². The Balaban J connectivity index is 3.01. The predicted octanol–water partition coefficient (Wildman–Crippen LogP) is 2.57. The smallest absolute Gasteiger partial charge is 0.382 e. The Morgan fingerprint density at radius 1 is 1.38 bits per heavy atom. The van der Waals surface area contributed by atoms with Crippen LogP contribution in [0.1, 0.15) is 17.2 Å². The van der Waals surface area contributed by atoms with Gasteiger partial charge in [0.15, 0.2) is 6.10 Å². The highest BCUT2D eigenvalue weighted by molar-refractivity contribution is 6.30. The molecule has 1 aromatic rings. The summed E-state index contributed by atoms with van der Waals surface area (Å²) in [6.45, 7) is 1.59. The molecule has 0 aliphatic carbocycles. The molecule has 2 nitrogen and oxygen atoms in total. The van der Waals surface area contributed by atoms with Gasteiger partial charge in [-0.15, -0.1) is 0 Å². The molecule has 0 amide bonds. The van der Waals surface area contributed by atoms with Gasteiger partial charge in [0.2, 0.25) is 0 Å². The lowest BCUT2D eigenvalue weighted by molar-refractivity contribution is -0.210. The van der Waals surface area contributed by atoms with Crippen molar-refractivity contribution in [2.45, 2.75) is 25.2 Å². The fraction of sp³-hybridized carbons (Fsp3) is 0.400. The molecule has 1 aromatic carbocycles. The van der Waals surface area contributed by atoms with Crippen LogP contribution in [-0.4, -0.2) is 17.4 Å². The Morgan fingerprint density at radius 2 is 1.94 bits per heavy atom. The first kappa shape index (κ1) is 13.3. The average molecular weight is 254 g/mol. The summed E-state index contributed by atoms with van der Waals surface area (Å²) in [5, 5.41) is 9.43. The molecule has 2 atom stereocenters. The third-order valence-corrected chi connectivity index (χ3v) is 2.50. The fourth-order valence-electron chi connectivity index (χ4n) is 1.39. The van der Waals surface area contributed by atoms with Crippen molar-refractivity contribution in [2.75, 3.05) is 0 Å². The van der Waals surface area contributed by atoms with Crippen molar-refractivity contribution >= 4 is 11.6 Å². The van der Waals surface area contributed by atoms with E-state index in [2.05, 4.69) is 0 Å². The van der Waals surface area contributed by atoms with E-state index in [-0.39, 0.29) is 5.56 Å². The lowest BCUT2D eigenvalue weighted by Crippen LogP contribution is -2.39. The maximum Gasteiger partial charge on any atom is 0.416 e. The van der Waals surface area contributed by atoms with Crippen molar-refractivity contribution in [1.29, 1.82) is 0 Å². The van der Waals surface area contributed by atoms with Gasteiger partial charge in [-0.05, 0) is 30.2 Å². The molecule has 0 aliphatic heterocycles. The van der Waals surface area contributed by atoms with Crippen LogP contribution in [-0.2, 0) is 0 Å². The van der Waals surface area contributed by atoms with Crippen LogP contribution in [0.2, 0.25) is 5.02 Å². The van der Waals surface area contributed by atoms with E-state index >= 15 is 0 Å². The summed E-state index contributed by atoms with van der Waals surface area (Å²) in [5.41, 5.74) is 6.11. The molecule has 1 rings (SSSR count). The monoisotopic (exact) mass is 253 g/mol. The van der Waals surface area contributed by atoms with Gasteiger partial charge in [0.05, 0.1) is 6.04 Å². The zero-order valence-electron chi connectivity index (χ0n) is 8.42. The summed E-state index contributed by atoms with van der Waals surface area (Å²) in [4.78, 5) is 0. The number of rotatable bonds is 2. The molecule has 0 aromatic heterocycles. The molecule has 0 fully saturated rings. The number of aryl methyl sites for hydroxylation is 1. The molecule has 3 N–H and O–H groups in total. The van der Waals surface area contributed by atoms with E-state index in [1.54, 1.807) is 6.92 Å². The quantitative estimate of drug-likeness (QED) is 0.851. The number of hydrogen-bond donors (Lipinski definition) is 2.